The molecule has 0 bridgehead atoms. The Kier molecular flexibility index (Phi) is 9.37. The van der Waals surface area contributed by atoms with Gasteiger partial charge in [-0.2, -0.15) is 5.10 Å². The standard InChI is InChI=1S/C29H42N2O3/c1-7-33-29(32)34-19-26-10-8-9-25(16-26)18-28-27(22(6)31(30-28)21(4)5)17-24-13-11-23(12-14-24)15-20(2)3/h11-14,19-21,25H,7-10,15-18H2,1-6H3/b26-19+/t25-/m0/s1. The van der Waals surface area contributed by atoms with Gasteiger partial charge in [-0.25, -0.2) is 4.79 Å². The van der Waals surface area contributed by atoms with Crippen molar-refractivity contribution in [3.8, 4) is 0 Å². The minimum Gasteiger partial charge on any atom is -0.434 e. The number of rotatable bonds is 9. The molecule has 0 saturated heterocycles. The second kappa shape index (κ2) is 12.2. The molecule has 1 aliphatic carbocycles. The monoisotopic (exact) mass is 466 g/mol. The van der Waals surface area contributed by atoms with Crippen molar-refractivity contribution in [1.82, 2.24) is 9.78 Å². The van der Waals surface area contributed by atoms with Crippen molar-refractivity contribution in [1.29, 1.82) is 0 Å². The predicted octanol–water partition coefficient (Wildman–Crippen LogP) is 7.35. The number of carbonyl (C=O) groups excluding carboxylic acids is 1. The quantitative estimate of drug-likeness (QED) is 0.286. The highest BCUT2D eigenvalue weighted by molar-refractivity contribution is 5.60. The molecular weight excluding hydrogens is 424 g/mol. The Morgan fingerprint density at radius 2 is 1.88 bits per heavy atom. The minimum atomic E-state index is -0.620. The Balaban J connectivity index is 1.75. The van der Waals surface area contributed by atoms with E-state index in [0.717, 1.165) is 38.5 Å². The summed E-state index contributed by atoms with van der Waals surface area (Å²) in [6, 6.07) is 9.45. The van der Waals surface area contributed by atoms with Gasteiger partial charge in [0.15, 0.2) is 0 Å². The number of aromatic nitrogens is 2. The number of carbonyl (C=O) groups is 1. The zero-order chi connectivity index (χ0) is 24.7. The number of allylic oxidation sites excluding steroid dienone is 1. The molecule has 5 heteroatoms. The second-order valence-electron chi connectivity index (χ2n) is 10.4. The molecule has 1 aromatic heterocycles. The van der Waals surface area contributed by atoms with E-state index in [2.05, 4.69) is 63.6 Å². The Morgan fingerprint density at radius 3 is 2.53 bits per heavy atom. The van der Waals surface area contributed by atoms with Gasteiger partial charge in [0.05, 0.1) is 18.6 Å². The van der Waals surface area contributed by atoms with Gasteiger partial charge in [0.2, 0.25) is 0 Å². The normalized spacial score (nSPS) is 17.5. The lowest BCUT2D eigenvalue weighted by Gasteiger charge is -2.23. The summed E-state index contributed by atoms with van der Waals surface area (Å²) in [5.41, 5.74) is 7.78. The van der Waals surface area contributed by atoms with Gasteiger partial charge >= 0.3 is 6.16 Å². The highest BCUT2D eigenvalue weighted by atomic mass is 16.7. The van der Waals surface area contributed by atoms with Crippen LogP contribution in [-0.4, -0.2) is 22.5 Å². The van der Waals surface area contributed by atoms with Gasteiger partial charge in [-0.3, -0.25) is 4.68 Å². The number of ether oxygens (including phenoxy) is 2. The second-order valence-corrected chi connectivity index (χ2v) is 10.4. The Labute approximate surface area is 205 Å². The molecule has 5 nitrogen and oxygen atoms in total. The molecule has 34 heavy (non-hydrogen) atoms. The van der Waals surface area contributed by atoms with Crippen molar-refractivity contribution in [3.63, 3.8) is 0 Å². The molecule has 1 atom stereocenters. The molecule has 1 heterocycles. The van der Waals surface area contributed by atoms with Gasteiger partial charge in [0.25, 0.3) is 0 Å². The van der Waals surface area contributed by atoms with Gasteiger partial charge in [-0.05, 0) is 94.8 Å². The molecule has 0 N–H and O–H groups in total. The van der Waals surface area contributed by atoms with Crippen LogP contribution in [0.1, 0.15) is 94.4 Å². The zero-order valence-corrected chi connectivity index (χ0v) is 21.9. The Hall–Kier alpha value is -2.56. The van der Waals surface area contributed by atoms with Crippen molar-refractivity contribution < 1.29 is 14.3 Å². The third-order valence-electron chi connectivity index (χ3n) is 6.62. The van der Waals surface area contributed by atoms with E-state index in [-0.39, 0.29) is 0 Å². The predicted molar refractivity (Wildman–Crippen MR) is 137 cm³/mol. The summed E-state index contributed by atoms with van der Waals surface area (Å²) < 4.78 is 12.2. The van der Waals surface area contributed by atoms with E-state index in [1.807, 2.05) is 0 Å². The molecule has 1 fully saturated rings. The summed E-state index contributed by atoms with van der Waals surface area (Å²) in [5, 5.41) is 5.07. The molecule has 3 rings (SSSR count). The highest BCUT2D eigenvalue weighted by Gasteiger charge is 2.23. The molecule has 0 aliphatic heterocycles. The van der Waals surface area contributed by atoms with Crippen molar-refractivity contribution >= 4 is 6.16 Å². The van der Waals surface area contributed by atoms with Crippen molar-refractivity contribution in [3.05, 3.63) is 64.2 Å². The molecule has 0 unspecified atom stereocenters. The summed E-state index contributed by atoms with van der Waals surface area (Å²) in [4.78, 5) is 11.6. The minimum absolute atomic E-state index is 0.325. The van der Waals surface area contributed by atoms with Crippen LogP contribution in [0.5, 0.6) is 0 Å². The first kappa shape index (κ1) is 26.1. The summed E-state index contributed by atoms with van der Waals surface area (Å²) in [6.07, 6.45) is 8.18. The van der Waals surface area contributed by atoms with Crippen LogP contribution in [0.2, 0.25) is 0 Å². The van der Waals surface area contributed by atoms with Crippen LogP contribution < -0.4 is 0 Å². The van der Waals surface area contributed by atoms with Crippen LogP contribution in [0.4, 0.5) is 4.79 Å². The largest absolute Gasteiger partial charge is 0.513 e. The van der Waals surface area contributed by atoms with Crippen LogP contribution >= 0.6 is 0 Å². The smallest absolute Gasteiger partial charge is 0.434 e. The van der Waals surface area contributed by atoms with Crippen LogP contribution in [0, 0.1) is 18.8 Å². The molecule has 1 aliphatic rings. The first-order valence-corrected chi connectivity index (χ1v) is 12.9. The summed E-state index contributed by atoms with van der Waals surface area (Å²) in [7, 11) is 0. The molecule has 1 aromatic carbocycles. The lowest BCUT2D eigenvalue weighted by atomic mass is 9.82. The van der Waals surface area contributed by atoms with Crippen LogP contribution in [0.3, 0.4) is 0 Å². The van der Waals surface area contributed by atoms with Gasteiger partial charge in [-0.15, -0.1) is 0 Å². The molecule has 2 aromatic rings. The number of hydrogen-bond donors (Lipinski definition) is 0. The van der Waals surface area contributed by atoms with Gasteiger partial charge in [0, 0.05) is 23.7 Å². The maximum atomic E-state index is 11.6. The fraction of sp³-hybridized carbons (Fsp3) is 0.586. The summed E-state index contributed by atoms with van der Waals surface area (Å²) >= 11 is 0. The van der Waals surface area contributed by atoms with E-state index < -0.39 is 6.16 Å². The van der Waals surface area contributed by atoms with Crippen molar-refractivity contribution in [2.45, 2.75) is 92.5 Å². The lowest BCUT2D eigenvalue weighted by Crippen LogP contribution is -2.14. The third kappa shape index (κ3) is 7.22. The van der Waals surface area contributed by atoms with Gasteiger partial charge in [-0.1, -0.05) is 38.1 Å². The maximum Gasteiger partial charge on any atom is 0.513 e. The molecule has 1 saturated carbocycles. The topological polar surface area (TPSA) is 53.4 Å². The molecule has 0 radical (unpaired) electrons. The van der Waals surface area contributed by atoms with E-state index in [1.165, 1.54) is 40.1 Å². The van der Waals surface area contributed by atoms with Crippen molar-refractivity contribution in [2.24, 2.45) is 11.8 Å². The zero-order valence-electron chi connectivity index (χ0n) is 21.9. The SMILES string of the molecule is CCOC(=O)O/C=C1\CCC[C@H](Cc2nn(C(C)C)c(C)c2Cc2ccc(CC(C)C)cc2)C1. The first-order valence-electron chi connectivity index (χ1n) is 12.9. The van der Waals surface area contributed by atoms with Crippen LogP contribution in [0.25, 0.3) is 0 Å². The summed E-state index contributed by atoms with van der Waals surface area (Å²) in [5.74, 6) is 1.17. The van der Waals surface area contributed by atoms with Gasteiger partial charge in [0.1, 0.15) is 0 Å². The number of nitrogens with zero attached hydrogens (tertiary/aromatic N) is 2. The van der Waals surface area contributed by atoms with E-state index >= 15 is 0 Å². The Morgan fingerprint density at radius 1 is 1.18 bits per heavy atom. The average molecular weight is 467 g/mol. The fourth-order valence-corrected chi connectivity index (χ4v) is 5.01. The third-order valence-corrected chi connectivity index (χ3v) is 6.62. The van der Waals surface area contributed by atoms with E-state index in [1.54, 1.807) is 13.2 Å². The molecule has 0 spiro atoms. The van der Waals surface area contributed by atoms with Gasteiger partial charge < -0.3 is 9.47 Å². The summed E-state index contributed by atoms with van der Waals surface area (Å²) in [6.45, 7) is 13.2. The highest BCUT2D eigenvalue weighted by Crippen LogP contribution is 2.33. The van der Waals surface area contributed by atoms with E-state index in [4.69, 9.17) is 14.6 Å². The van der Waals surface area contributed by atoms with Crippen LogP contribution in [-0.2, 0) is 28.7 Å². The molecular formula is C29H42N2O3. The fourth-order valence-electron chi connectivity index (χ4n) is 5.01. The van der Waals surface area contributed by atoms with Crippen molar-refractivity contribution in [2.75, 3.05) is 6.61 Å². The van der Waals surface area contributed by atoms with Crippen LogP contribution in [0.15, 0.2) is 36.1 Å². The Bertz CT molecular complexity index is 970. The van der Waals surface area contributed by atoms with E-state index in [0.29, 0.717) is 24.5 Å². The van der Waals surface area contributed by atoms with E-state index in [9.17, 15) is 4.79 Å². The average Bonchev–Trinajstić information content (AvgIpc) is 3.09. The molecule has 0 amide bonds. The maximum absolute atomic E-state index is 11.6. The lowest BCUT2D eigenvalue weighted by molar-refractivity contribution is 0.0883. The number of hydrogen-bond acceptors (Lipinski definition) is 4. The number of benzene rings is 1. The molecule has 186 valence electrons. The first-order chi connectivity index (χ1) is 16.3.